The van der Waals surface area contributed by atoms with Gasteiger partial charge in [-0.2, -0.15) is 0 Å². The lowest BCUT2D eigenvalue weighted by Gasteiger charge is -2.30. The third kappa shape index (κ3) is 4.14. The third-order valence-electron chi connectivity index (χ3n) is 6.72. The van der Waals surface area contributed by atoms with Crippen molar-refractivity contribution in [2.45, 2.75) is 24.8 Å². The van der Waals surface area contributed by atoms with Crippen LogP contribution in [0.1, 0.15) is 35.9 Å². The van der Waals surface area contributed by atoms with Crippen LogP contribution in [0.15, 0.2) is 71.9 Å². The zero-order valence-electron chi connectivity index (χ0n) is 19.9. The number of carbonyl (C=O) groups is 1. The Morgan fingerprint density at radius 3 is 2.20 bits per heavy atom. The van der Waals surface area contributed by atoms with Crippen LogP contribution in [0.2, 0.25) is 0 Å². The van der Waals surface area contributed by atoms with Crippen molar-refractivity contribution in [1.82, 2.24) is 0 Å². The fraction of sp³-hybridized carbons (Fsp3) is 0.250. The second-order valence-electron chi connectivity index (χ2n) is 8.71. The number of para-hydroxylation sites is 2. The van der Waals surface area contributed by atoms with Gasteiger partial charge in [-0.05, 0) is 59.9 Å². The molecule has 0 spiro atoms. The first kappa shape index (κ1) is 22.7. The van der Waals surface area contributed by atoms with Crippen molar-refractivity contribution in [2.24, 2.45) is 0 Å². The van der Waals surface area contributed by atoms with Crippen LogP contribution in [0.3, 0.4) is 0 Å². The minimum absolute atomic E-state index is 0.0104. The number of nitrogens with one attached hydrogen (secondary N) is 2. The predicted octanol–water partition coefficient (Wildman–Crippen LogP) is 5.40. The van der Waals surface area contributed by atoms with Crippen LogP contribution in [-0.4, -0.2) is 32.2 Å². The van der Waals surface area contributed by atoms with Crippen LogP contribution in [0, 0.1) is 0 Å². The number of hydrogen-bond acceptors (Lipinski definition) is 7. The molecule has 35 heavy (non-hydrogen) atoms. The van der Waals surface area contributed by atoms with E-state index in [0.717, 1.165) is 28.2 Å². The Kier molecular flexibility index (Phi) is 5.99. The van der Waals surface area contributed by atoms with Gasteiger partial charge in [-0.3, -0.25) is 4.79 Å². The second kappa shape index (κ2) is 9.25. The Morgan fingerprint density at radius 2 is 1.49 bits per heavy atom. The molecule has 0 amide bonds. The number of Topliss-reactive ketones (excluding diaryl/α,β-unsaturated/α-hetero) is 1. The number of ketones is 1. The lowest BCUT2D eigenvalue weighted by Crippen LogP contribution is -2.26. The van der Waals surface area contributed by atoms with E-state index in [1.165, 1.54) is 7.11 Å². The Balaban J connectivity index is 1.58. The summed E-state index contributed by atoms with van der Waals surface area (Å²) >= 11 is 0. The van der Waals surface area contributed by atoms with Crippen molar-refractivity contribution in [3.8, 4) is 23.0 Å². The van der Waals surface area contributed by atoms with E-state index in [1.807, 2.05) is 48.5 Å². The minimum atomic E-state index is -0.420. The number of rotatable bonds is 5. The summed E-state index contributed by atoms with van der Waals surface area (Å²) in [6.07, 6.45) is 1.03. The fourth-order valence-corrected chi connectivity index (χ4v) is 4.97. The smallest absolute Gasteiger partial charge is 0.163 e. The predicted molar refractivity (Wildman–Crippen MR) is 135 cm³/mol. The molecule has 0 aromatic heterocycles. The lowest BCUT2D eigenvalue weighted by molar-refractivity contribution is -0.116. The first-order valence-corrected chi connectivity index (χ1v) is 11.5. The van der Waals surface area contributed by atoms with Gasteiger partial charge in [0.2, 0.25) is 0 Å². The van der Waals surface area contributed by atoms with E-state index >= 15 is 0 Å². The Morgan fingerprint density at radius 1 is 0.800 bits per heavy atom. The number of allylic oxidation sites excluding steroid dienone is 1. The molecule has 0 bridgehead atoms. The van der Waals surface area contributed by atoms with Gasteiger partial charge in [0.1, 0.15) is 0 Å². The van der Waals surface area contributed by atoms with Crippen molar-refractivity contribution in [3.63, 3.8) is 0 Å². The van der Waals surface area contributed by atoms with E-state index in [9.17, 15) is 9.90 Å². The van der Waals surface area contributed by atoms with Crippen LogP contribution in [0.25, 0.3) is 0 Å². The molecule has 3 N–H and O–H groups in total. The van der Waals surface area contributed by atoms with Crippen LogP contribution in [0.5, 0.6) is 23.0 Å². The minimum Gasteiger partial charge on any atom is -0.504 e. The number of ether oxygens (including phenoxy) is 3. The number of carbonyl (C=O) groups excluding carboxylic acids is 1. The van der Waals surface area contributed by atoms with Gasteiger partial charge < -0.3 is 30.0 Å². The maximum absolute atomic E-state index is 13.7. The topological polar surface area (TPSA) is 89.1 Å². The highest BCUT2D eigenvalue weighted by atomic mass is 16.5. The summed E-state index contributed by atoms with van der Waals surface area (Å²) in [6.45, 7) is 0. The van der Waals surface area contributed by atoms with Gasteiger partial charge in [0.15, 0.2) is 28.8 Å². The number of fused-ring (bicyclic) bond motifs is 1. The summed E-state index contributed by atoms with van der Waals surface area (Å²) in [5.41, 5.74) is 5.15. The third-order valence-corrected chi connectivity index (χ3v) is 6.72. The van der Waals surface area contributed by atoms with E-state index in [1.54, 1.807) is 26.4 Å². The molecule has 1 heterocycles. The molecule has 1 aliphatic heterocycles. The van der Waals surface area contributed by atoms with Crippen LogP contribution >= 0.6 is 0 Å². The molecule has 0 unspecified atom stereocenters. The second-order valence-corrected chi connectivity index (χ2v) is 8.71. The first-order chi connectivity index (χ1) is 17.0. The number of benzene rings is 3. The molecule has 3 aromatic rings. The molecule has 7 heteroatoms. The lowest BCUT2D eigenvalue weighted by atomic mass is 9.78. The fourth-order valence-electron chi connectivity index (χ4n) is 4.97. The molecule has 180 valence electrons. The Bertz CT molecular complexity index is 1320. The standard InChI is InChI=1S/C28H28N2O5/c1-33-24-10-9-17(13-22(24)31)28-27-21(29-19-6-4-5-7-20(19)30-28)12-18(14-23(27)32)16-8-11-25(34-2)26(15-16)35-3/h4-11,13,15,18,28-31H,12,14H2,1-3H3/t18-,28-/m1/s1. The number of aromatic hydroxyl groups is 1. The summed E-state index contributed by atoms with van der Waals surface area (Å²) in [5, 5.41) is 17.5. The normalized spacial score (nSPS) is 19.0. The molecule has 0 saturated carbocycles. The van der Waals surface area contributed by atoms with Crippen LogP contribution in [-0.2, 0) is 4.79 Å². The molecule has 7 nitrogen and oxygen atoms in total. The summed E-state index contributed by atoms with van der Waals surface area (Å²) in [5.74, 6) is 1.76. The summed E-state index contributed by atoms with van der Waals surface area (Å²) in [7, 11) is 4.73. The van der Waals surface area contributed by atoms with E-state index in [4.69, 9.17) is 14.2 Å². The maximum Gasteiger partial charge on any atom is 0.163 e. The van der Waals surface area contributed by atoms with Gasteiger partial charge in [-0.1, -0.05) is 24.3 Å². The molecule has 2 aliphatic rings. The van der Waals surface area contributed by atoms with E-state index in [0.29, 0.717) is 35.7 Å². The number of methoxy groups -OCH3 is 3. The van der Waals surface area contributed by atoms with Gasteiger partial charge in [0.05, 0.1) is 38.7 Å². The zero-order chi connectivity index (χ0) is 24.5. The van der Waals surface area contributed by atoms with Gasteiger partial charge in [0, 0.05) is 17.7 Å². The quantitative estimate of drug-likeness (QED) is 0.458. The SMILES string of the molecule is COc1ccc([C@H]2Nc3ccccc3NC3=C2C(=O)C[C@H](c2ccc(OC)c(OC)c2)C3)cc1O. The average molecular weight is 473 g/mol. The first-order valence-electron chi connectivity index (χ1n) is 11.5. The van der Waals surface area contributed by atoms with Gasteiger partial charge in [-0.15, -0.1) is 0 Å². The van der Waals surface area contributed by atoms with Crippen molar-refractivity contribution < 1.29 is 24.1 Å². The Hall–Kier alpha value is -4.13. The highest BCUT2D eigenvalue weighted by Crippen LogP contribution is 2.46. The Labute approximate surface area is 204 Å². The molecule has 0 saturated heterocycles. The highest BCUT2D eigenvalue weighted by molar-refractivity contribution is 6.01. The van der Waals surface area contributed by atoms with Gasteiger partial charge >= 0.3 is 0 Å². The molecule has 5 rings (SSSR count). The van der Waals surface area contributed by atoms with Crippen molar-refractivity contribution in [3.05, 3.63) is 83.1 Å². The largest absolute Gasteiger partial charge is 0.504 e. The van der Waals surface area contributed by atoms with Gasteiger partial charge in [0.25, 0.3) is 0 Å². The highest BCUT2D eigenvalue weighted by Gasteiger charge is 2.36. The number of phenols is 1. The summed E-state index contributed by atoms with van der Waals surface area (Å²) in [6, 6.07) is 18.5. The van der Waals surface area contributed by atoms with E-state index in [2.05, 4.69) is 10.6 Å². The average Bonchev–Trinajstić information content (AvgIpc) is 3.05. The molecule has 2 atom stereocenters. The summed E-state index contributed by atoms with van der Waals surface area (Å²) < 4.78 is 16.1. The number of anilines is 2. The van der Waals surface area contributed by atoms with Gasteiger partial charge in [-0.25, -0.2) is 0 Å². The zero-order valence-corrected chi connectivity index (χ0v) is 19.9. The molecular formula is C28H28N2O5. The molecule has 1 aliphatic carbocycles. The molecular weight excluding hydrogens is 444 g/mol. The molecule has 0 radical (unpaired) electrons. The summed E-state index contributed by atoms with van der Waals surface area (Å²) in [4.78, 5) is 13.7. The van der Waals surface area contributed by atoms with Crippen LogP contribution in [0.4, 0.5) is 11.4 Å². The molecule has 3 aromatic carbocycles. The van der Waals surface area contributed by atoms with E-state index < -0.39 is 6.04 Å². The number of phenolic OH excluding ortho intramolecular Hbond substituents is 1. The number of hydrogen-bond donors (Lipinski definition) is 3. The van der Waals surface area contributed by atoms with Crippen molar-refractivity contribution in [1.29, 1.82) is 0 Å². The van der Waals surface area contributed by atoms with Crippen molar-refractivity contribution in [2.75, 3.05) is 32.0 Å². The molecule has 0 fully saturated rings. The monoisotopic (exact) mass is 472 g/mol. The van der Waals surface area contributed by atoms with E-state index in [-0.39, 0.29) is 17.5 Å². The maximum atomic E-state index is 13.7. The van der Waals surface area contributed by atoms with Crippen molar-refractivity contribution >= 4 is 17.2 Å². The van der Waals surface area contributed by atoms with Crippen LogP contribution < -0.4 is 24.8 Å².